The molecule has 2 bridgehead atoms. The van der Waals surface area contributed by atoms with E-state index in [-0.39, 0.29) is 11.5 Å². The first-order valence-electron chi connectivity index (χ1n) is 9.75. The summed E-state index contributed by atoms with van der Waals surface area (Å²) < 4.78 is 12.0. The average molecular weight is 404 g/mol. The van der Waals surface area contributed by atoms with Crippen LogP contribution in [0.2, 0.25) is 0 Å². The van der Waals surface area contributed by atoms with Gasteiger partial charge in [0, 0.05) is 5.41 Å². The minimum atomic E-state index is -1.27. The molecule has 1 aromatic rings. The lowest BCUT2D eigenvalue weighted by molar-refractivity contribution is -0.166. The van der Waals surface area contributed by atoms with Crippen molar-refractivity contribution >= 4 is 17.8 Å². The number of hydrogen-bond acceptors (Lipinski definition) is 6. The molecule has 0 aliphatic carbocycles. The van der Waals surface area contributed by atoms with Crippen LogP contribution in [0.3, 0.4) is 0 Å². The number of carbonyl (C=O) groups is 3. The fourth-order valence-electron chi connectivity index (χ4n) is 4.45. The molecule has 3 rings (SSSR count). The monoisotopic (exact) mass is 404 g/mol. The Morgan fingerprint density at radius 1 is 1.28 bits per heavy atom. The van der Waals surface area contributed by atoms with Crippen molar-refractivity contribution in [1.29, 1.82) is 0 Å². The molecule has 1 amide bonds. The maximum absolute atomic E-state index is 13.1. The quantitative estimate of drug-likeness (QED) is 0.588. The van der Waals surface area contributed by atoms with E-state index < -0.39 is 48.1 Å². The fraction of sp³-hybridized carbons (Fsp3) is 0.571. The Morgan fingerprint density at radius 3 is 2.48 bits per heavy atom. The summed E-state index contributed by atoms with van der Waals surface area (Å²) in [6, 6.07) is 6.29. The van der Waals surface area contributed by atoms with Gasteiger partial charge in [-0.1, -0.05) is 44.2 Å². The Balaban J connectivity index is 1.80. The Kier molecular flexibility index (Phi) is 5.69. The zero-order valence-electron chi connectivity index (χ0n) is 16.9. The van der Waals surface area contributed by atoms with E-state index in [0.29, 0.717) is 5.56 Å². The molecule has 1 unspecified atom stereocenters. The van der Waals surface area contributed by atoms with Crippen LogP contribution in [0.25, 0.3) is 0 Å². The lowest BCUT2D eigenvalue weighted by Crippen LogP contribution is -2.51. The highest BCUT2D eigenvalue weighted by Gasteiger charge is 2.63. The summed E-state index contributed by atoms with van der Waals surface area (Å²) in [5, 5.41) is 11.4. The Labute approximate surface area is 169 Å². The van der Waals surface area contributed by atoms with E-state index in [0.717, 1.165) is 12.8 Å². The molecule has 0 saturated carbocycles. The van der Waals surface area contributed by atoms with Gasteiger partial charge in [-0.2, -0.15) is 0 Å². The third-order valence-electron chi connectivity index (χ3n) is 6.00. The van der Waals surface area contributed by atoms with Crippen LogP contribution in [0.5, 0.6) is 0 Å². The maximum atomic E-state index is 13.1. The zero-order valence-corrected chi connectivity index (χ0v) is 16.9. The summed E-state index contributed by atoms with van der Waals surface area (Å²) in [4.78, 5) is 36.4. The Hall–Kier alpha value is -2.45. The van der Waals surface area contributed by atoms with E-state index in [1.54, 1.807) is 30.3 Å². The minimum absolute atomic E-state index is 0.0130. The molecule has 2 aliphatic heterocycles. The lowest BCUT2D eigenvalue weighted by Gasteiger charge is -2.39. The van der Waals surface area contributed by atoms with Crippen LogP contribution >= 0.6 is 0 Å². The normalized spacial score (nSPS) is 29.1. The van der Waals surface area contributed by atoms with Crippen LogP contribution in [0.4, 0.5) is 0 Å². The zero-order chi connectivity index (χ0) is 21.4. The number of nitrogens with two attached hydrogens (primary N) is 1. The van der Waals surface area contributed by atoms with Gasteiger partial charge in [-0.25, -0.2) is 4.79 Å². The number of ether oxygens (including phenoxy) is 2. The molecule has 0 spiro atoms. The topological polar surface area (TPSA) is 128 Å². The van der Waals surface area contributed by atoms with E-state index in [4.69, 9.17) is 20.3 Å². The molecule has 2 aliphatic rings. The molecular formula is C21H28N2O6. The van der Waals surface area contributed by atoms with Crippen molar-refractivity contribution < 1.29 is 29.0 Å². The van der Waals surface area contributed by atoms with Gasteiger partial charge in [0.1, 0.15) is 11.7 Å². The summed E-state index contributed by atoms with van der Waals surface area (Å²) in [6.45, 7) is 5.97. The van der Waals surface area contributed by atoms with E-state index in [1.165, 1.54) is 0 Å². The van der Waals surface area contributed by atoms with Gasteiger partial charge in [-0.05, 0) is 25.3 Å². The van der Waals surface area contributed by atoms with Crippen LogP contribution in [-0.2, 0) is 23.9 Å². The van der Waals surface area contributed by atoms with Crippen LogP contribution in [0, 0.1) is 5.41 Å². The molecule has 2 saturated heterocycles. The van der Waals surface area contributed by atoms with E-state index in [1.807, 2.05) is 20.8 Å². The van der Waals surface area contributed by atoms with Gasteiger partial charge in [0.2, 0.25) is 5.91 Å². The molecule has 0 aromatic heterocycles. The van der Waals surface area contributed by atoms with Gasteiger partial charge in [0.25, 0.3) is 0 Å². The molecule has 1 aromatic carbocycles. The Bertz CT molecular complexity index is 791. The highest BCUT2D eigenvalue weighted by molar-refractivity contribution is 5.90. The van der Waals surface area contributed by atoms with Crippen molar-refractivity contribution in [3.63, 3.8) is 0 Å². The predicted molar refractivity (Wildman–Crippen MR) is 104 cm³/mol. The van der Waals surface area contributed by atoms with Gasteiger partial charge < -0.3 is 25.6 Å². The smallest absolute Gasteiger partial charge is 0.333 e. The summed E-state index contributed by atoms with van der Waals surface area (Å²) >= 11 is 0. The average Bonchev–Trinajstić information content (AvgIpc) is 3.14. The summed E-state index contributed by atoms with van der Waals surface area (Å²) in [7, 11) is 0. The molecule has 8 nitrogen and oxygen atoms in total. The maximum Gasteiger partial charge on any atom is 0.333 e. The molecule has 2 heterocycles. The van der Waals surface area contributed by atoms with Gasteiger partial charge in [-0.3, -0.25) is 9.59 Å². The first-order valence-corrected chi connectivity index (χ1v) is 9.75. The second-order valence-electron chi connectivity index (χ2n) is 8.65. The second kappa shape index (κ2) is 7.76. The van der Waals surface area contributed by atoms with Crippen LogP contribution in [0.15, 0.2) is 30.3 Å². The first kappa shape index (κ1) is 21.3. The van der Waals surface area contributed by atoms with Crippen molar-refractivity contribution in [3.05, 3.63) is 35.9 Å². The summed E-state index contributed by atoms with van der Waals surface area (Å²) in [5.74, 6) is -2.55. The third-order valence-corrected chi connectivity index (χ3v) is 6.00. The van der Waals surface area contributed by atoms with Gasteiger partial charge >= 0.3 is 11.9 Å². The number of hydrogen-bond donors (Lipinski definition) is 3. The van der Waals surface area contributed by atoms with Crippen molar-refractivity contribution in [2.45, 2.75) is 69.9 Å². The lowest BCUT2D eigenvalue weighted by atomic mass is 9.70. The number of carboxylic acid groups (broad SMARTS) is 1. The fourth-order valence-corrected chi connectivity index (χ4v) is 4.45. The van der Waals surface area contributed by atoms with Crippen LogP contribution in [0.1, 0.15) is 51.6 Å². The van der Waals surface area contributed by atoms with Crippen LogP contribution in [-0.4, -0.2) is 46.8 Å². The molecule has 2 fully saturated rings. The number of amides is 1. The number of carbonyl (C=O) groups excluding carboxylic acids is 2. The van der Waals surface area contributed by atoms with Crippen LogP contribution < -0.4 is 11.1 Å². The van der Waals surface area contributed by atoms with E-state index in [9.17, 15) is 14.4 Å². The Morgan fingerprint density at radius 2 is 1.93 bits per heavy atom. The van der Waals surface area contributed by atoms with Gasteiger partial charge in [0.15, 0.2) is 6.04 Å². The van der Waals surface area contributed by atoms with Gasteiger partial charge in [-0.15, -0.1) is 0 Å². The molecule has 158 valence electrons. The number of benzene rings is 1. The molecule has 29 heavy (non-hydrogen) atoms. The van der Waals surface area contributed by atoms with Crippen molar-refractivity contribution in [2.24, 2.45) is 11.1 Å². The molecule has 4 N–H and O–H groups in total. The summed E-state index contributed by atoms with van der Waals surface area (Å²) in [5.41, 5.74) is 5.27. The number of nitrogens with one attached hydrogen (secondary N) is 1. The highest BCUT2D eigenvalue weighted by atomic mass is 16.6. The minimum Gasteiger partial charge on any atom is -0.481 e. The largest absolute Gasteiger partial charge is 0.481 e. The number of carboxylic acids is 1. The van der Waals surface area contributed by atoms with Crippen molar-refractivity contribution in [1.82, 2.24) is 5.32 Å². The molecule has 5 atom stereocenters. The molecule has 0 radical (unpaired) electrons. The molecular weight excluding hydrogens is 376 g/mol. The second-order valence-corrected chi connectivity index (χ2v) is 8.65. The first-order chi connectivity index (χ1) is 13.5. The number of rotatable bonds is 7. The third kappa shape index (κ3) is 4.13. The number of fused-ring (bicyclic) bond motifs is 2. The SMILES string of the molecule is CC1(C)C2CC[C@](C)(O2)[C@@H]1OC(=O)[C@H](NC(=O)[C@@H](N)CC(=O)O)c1ccccc1. The molecule has 8 heteroatoms. The van der Waals surface area contributed by atoms with Crippen molar-refractivity contribution in [3.8, 4) is 0 Å². The van der Waals surface area contributed by atoms with E-state index in [2.05, 4.69) is 5.32 Å². The standard InChI is InChI=1S/C21H28N2O6/c1-20(2)14-9-10-21(3,29-14)19(20)28-18(27)16(12-7-5-4-6-8-12)23-17(26)13(22)11-15(24)25/h4-8,13-14,16,19H,9-11,22H2,1-3H3,(H,23,26)(H,24,25)/t13-,14?,16+,19+,21-/m0/s1. The summed E-state index contributed by atoms with van der Waals surface area (Å²) in [6.07, 6.45) is 0.730. The number of aliphatic carboxylic acids is 1. The van der Waals surface area contributed by atoms with Gasteiger partial charge in [0.05, 0.1) is 18.6 Å². The predicted octanol–water partition coefficient (Wildman–Crippen LogP) is 1.54. The highest BCUT2D eigenvalue weighted by Crippen LogP contribution is 2.55. The number of esters is 1. The van der Waals surface area contributed by atoms with Crippen molar-refractivity contribution in [2.75, 3.05) is 0 Å². The van der Waals surface area contributed by atoms with E-state index >= 15 is 0 Å².